The average molecular weight is 195 g/mol. The lowest BCUT2D eigenvalue weighted by atomic mass is 10.4. The monoisotopic (exact) mass is 195 g/mol. The minimum absolute atomic E-state index is 0.0687. The van der Waals surface area contributed by atoms with Gasteiger partial charge in [0.2, 0.25) is 5.91 Å². The topological polar surface area (TPSA) is 95.1 Å². The van der Waals surface area contributed by atoms with Crippen molar-refractivity contribution in [2.75, 3.05) is 5.32 Å². The lowest BCUT2D eigenvalue weighted by molar-refractivity contribution is -0.111. The molecule has 1 aromatic heterocycles. The Morgan fingerprint density at radius 1 is 1.64 bits per heavy atom. The minimum Gasteiger partial charge on any atom is -0.477 e. The second-order valence-electron chi connectivity index (χ2n) is 2.46. The van der Waals surface area contributed by atoms with E-state index in [9.17, 15) is 9.59 Å². The summed E-state index contributed by atoms with van der Waals surface area (Å²) < 4.78 is 0. The van der Waals surface area contributed by atoms with Crippen molar-refractivity contribution in [1.29, 1.82) is 0 Å². The highest BCUT2D eigenvalue weighted by Crippen LogP contribution is 2.04. The van der Waals surface area contributed by atoms with E-state index < -0.39 is 5.97 Å². The summed E-state index contributed by atoms with van der Waals surface area (Å²) in [5, 5.41) is 16.8. The number of H-pyrrole nitrogens is 1. The van der Waals surface area contributed by atoms with E-state index in [4.69, 9.17) is 5.11 Å². The Morgan fingerprint density at radius 2 is 2.36 bits per heavy atom. The van der Waals surface area contributed by atoms with Crippen LogP contribution in [0.2, 0.25) is 0 Å². The Kier molecular flexibility index (Phi) is 3.01. The second-order valence-corrected chi connectivity index (χ2v) is 2.46. The molecule has 0 spiro atoms. The summed E-state index contributed by atoms with van der Waals surface area (Å²) in [4.78, 5) is 21.4. The van der Waals surface area contributed by atoms with Crippen molar-refractivity contribution in [2.45, 2.75) is 6.92 Å². The van der Waals surface area contributed by atoms with E-state index in [1.54, 1.807) is 13.0 Å². The van der Waals surface area contributed by atoms with Crippen LogP contribution in [0.5, 0.6) is 0 Å². The molecule has 0 unspecified atom stereocenters. The van der Waals surface area contributed by atoms with Gasteiger partial charge in [0, 0.05) is 6.07 Å². The molecule has 6 nitrogen and oxygen atoms in total. The summed E-state index contributed by atoms with van der Waals surface area (Å²) in [6, 6.07) is 1.24. The number of allylic oxidation sites excluding steroid dienone is 1. The molecule has 0 saturated heterocycles. The van der Waals surface area contributed by atoms with Gasteiger partial charge in [-0.1, -0.05) is 6.08 Å². The first-order valence-electron chi connectivity index (χ1n) is 3.86. The number of aromatic nitrogens is 2. The summed E-state index contributed by atoms with van der Waals surface area (Å²) in [6.07, 6.45) is 2.88. The molecule has 0 bridgehead atoms. The fourth-order valence-electron chi connectivity index (χ4n) is 0.815. The van der Waals surface area contributed by atoms with Gasteiger partial charge in [-0.25, -0.2) is 4.79 Å². The van der Waals surface area contributed by atoms with Crippen LogP contribution in [0.25, 0.3) is 0 Å². The van der Waals surface area contributed by atoms with E-state index in [0.717, 1.165) is 0 Å². The van der Waals surface area contributed by atoms with Crippen molar-refractivity contribution >= 4 is 17.7 Å². The van der Waals surface area contributed by atoms with Crippen molar-refractivity contribution in [3.05, 3.63) is 23.9 Å². The highest BCUT2D eigenvalue weighted by molar-refractivity contribution is 5.99. The first-order valence-corrected chi connectivity index (χ1v) is 3.86. The summed E-state index contributed by atoms with van der Waals surface area (Å²) in [6.45, 7) is 1.70. The fourth-order valence-corrected chi connectivity index (χ4v) is 0.815. The fraction of sp³-hybridized carbons (Fsp3) is 0.125. The number of nitrogens with zero attached hydrogens (tertiary/aromatic N) is 1. The first kappa shape index (κ1) is 9.97. The third-order valence-electron chi connectivity index (χ3n) is 1.38. The molecule has 0 radical (unpaired) electrons. The van der Waals surface area contributed by atoms with Gasteiger partial charge in [-0.2, -0.15) is 5.10 Å². The highest BCUT2D eigenvalue weighted by atomic mass is 16.4. The van der Waals surface area contributed by atoms with Crippen LogP contribution in [0, 0.1) is 0 Å². The molecule has 14 heavy (non-hydrogen) atoms. The van der Waals surface area contributed by atoms with Crippen LogP contribution < -0.4 is 5.32 Å². The number of aromatic carboxylic acids is 1. The van der Waals surface area contributed by atoms with Gasteiger partial charge in [-0.3, -0.25) is 9.89 Å². The smallest absolute Gasteiger partial charge is 0.353 e. The van der Waals surface area contributed by atoms with Gasteiger partial charge in [0.1, 0.15) is 5.69 Å². The van der Waals surface area contributed by atoms with E-state index >= 15 is 0 Å². The quantitative estimate of drug-likeness (QED) is 0.616. The molecule has 1 aromatic rings. The molecule has 0 fully saturated rings. The molecule has 0 saturated carbocycles. The van der Waals surface area contributed by atoms with Gasteiger partial charge in [0.25, 0.3) is 0 Å². The maximum Gasteiger partial charge on any atom is 0.353 e. The van der Waals surface area contributed by atoms with E-state index in [1.165, 1.54) is 12.1 Å². The molecule has 3 N–H and O–H groups in total. The van der Waals surface area contributed by atoms with Crippen LogP contribution in [-0.2, 0) is 4.79 Å². The number of carboxylic acid groups (broad SMARTS) is 1. The van der Waals surface area contributed by atoms with Gasteiger partial charge in [0.15, 0.2) is 5.82 Å². The number of amides is 1. The second kappa shape index (κ2) is 4.22. The van der Waals surface area contributed by atoms with Gasteiger partial charge in [-0.05, 0) is 13.0 Å². The lowest BCUT2D eigenvalue weighted by Crippen LogP contribution is -2.07. The largest absolute Gasteiger partial charge is 0.477 e. The summed E-state index contributed by atoms with van der Waals surface area (Å²) in [7, 11) is 0. The number of nitrogens with one attached hydrogen (secondary N) is 2. The maximum atomic E-state index is 11.0. The lowest BCUT2D eigenvalue weighted by Gasteiger charge is -1.93. The predicted octanol–water partition coefficient (Wildman–Crippen LogP) is 0.622. The predicted molar refractivity (Wildman–Crippen MR) is 49.0 cm³/mol. The Morgan fingerprint density at radius 3 is 2.86 bits per heavy atom. The SMILES string of the molecule is C/C=C/C(=O)Nc1cc(C(=O)O)[nH]n1. The number of hydrogen-bond donors (Lipinski definition) is 3. The minimum atomic E-state index is -1.12. The zero-order valence-corrected chi connectivity index (χ0v) is 7.44. The van der Waals surface area contributed by atoms with Gasteiger partial charge in [0.05, 0.1) is 0 Å². The highest BCUT2D eigenvalue weighted by Gasteiger charge is 2.08. The Labute approximate surface area is 79.6 Å². The van der Waals surface area contributed by atoms with Gasteiger partial charge >= 0.3 is 5.97 Å². The van der Waals surface area contributed by atoms with E-state index in [-0.39, 0.29) is 17.4 Å². The molecule has 0 aliphatic carbocycles. The number of rotatable bonds is 3. The summed E-state index contributed by atoms with van der Waals surface area (Å²) in [5.74, 6) is -1.29. The number of carbonyl (C=O) groups is 2. The van der Waals surface area contributed by atoms with Crippen LogP contribution in [-0.4, -0.2) is 27.2 Å². The van der Waals surface area contributed by atoms with Crippen LogP contribution in [0.15, 0.2) is 18.2 Å². The van der Waals surface area contributed by atoms with Crippen LogP contribution in [0.1, 0.15) is 17.4 Å². The van der Waals surface area contributed by atoms with Crippen molar-refractivity contribution < 1.29 is 14.7 Å². The third-order valence-corrected chi connectivity index (χ3v) is 1.38. The molecule has 1 heterocycles. The van der Waals surface area contributed by atoms with Gasteiger partial charge in [-0.15, -0.1) is 0 Å². The third kappa shape index (κ3) is 2.44. The first-order chi connectivity index (χ1) is 6.63. The van der Waals surface area contributed by atoms with E-state index in [0.29, 0.717) is 0 Å². The molecule has 0 atom stereocenters. The Bertz CT molecular complexity index is 381. The number of carbonyl (C=O) groups excluding carboxylic acids is 1. The average Bonchev–Trinajstić information content (AvgIpc) is 2.53. The molecule has 0 aliphatic rings. The number of carboxylic acids is 1. The molecule has 6 heteroatoms. The standard InChI is InChI=1S/C8H9N3O3/c1-2-3-7(12)9-6-4-5(8(13)14)10-11-6/h2-4H,1H3,(H,13,14)(H2,9,10,11,12)/b3-2+. The van der Waals surface area contributed by atoms with Crippen molar-refractivity contribution in [3.8, 4) is 0 Å². The normalized spacial score (nSPS) is 10.4. The maximum absolute atomic E-state index is 11.0. The van der Waals surface area contributed by atoms with Crippen LogP contribution in [0.3, 0.4) is 0 Å². The number of anilines is 1. The molecule has 1 rings (SSSR count). The van der Waals surface area contributed by atoms with Crippen LogP contribution in [0.4, 0.5) is 5.82 Å². The number of aromatic amines is 1. The molecule has 1 amide bonds. The molecule has 0 aromatic carbocycles. The van der Waals surface area contributed by atoms with Crippen molar-refractivity contribution in [1.82, 2.24) is 10.2 Å². The van der Waals surface area contributed by atoms with E-state index in [1.807, 2.05) is 0 Å². The molecular formula is C8H9N3O3. The van der Waals surface area contributed by atoms with E-state index in [2.05, 4.69) is 15.5 Å². The summed E-state index contributed by atoms with van der Waals surface area (Å²) in [5.41, 5.74) is -0.0687. The van der Waals surface area contributed by atoms with Crippen molar-refractivity contribution in [2.24, 2.45) is 0 Å². The zero-order valence-electron chi connectivity index (χ0n) is 7.44. The van der Waals surface area contributed by atoms with Gasteiger partial charge < -0.3 is 10.4 Å². The summed E-state index contributed by atoms with van der Waals surface area (Å²) >= 11 is 0. The molecule has 0 aliphatic heterocycles. The van der Waals surface area contributed by atoms with Crippen molar-refractivity contribution in [3.63, 3.8) is 0 Å². The number of hydrogen-bond acceptors (Lipinski definition) is 3. The van der Waals surface area contributed by atoms with Crippen LogP contribution >= 0.6 is 0 Å². The molecular weight excluding hydrogens is 186 g/mol. The zero-order chi connectivity index (χ0) is 10.6. The Balaban J connectivity index is 2.69. The Hall–Kier alpha value is -2.11. The molecule has 74 valence electrons.